The topological polar surface area (TPSA) is 102 Å². The molecule has 1 aromatic carbocycles. The number of aromatic nitrogens is 1. The van der Waals surface area contributed by atoms with Gasteiger partial charge in [0.15, 0.2) is 5.43 Å². The van der Waals surface area contributed by atoms with E-state index in [9.17, 15) is 19.5 Å². The molecule has 2 aliphatic heterocycles. The molecule has 7 nitrogen and oxygen atoms in total. The van der Waals surface area contributed by atoms with Gasteiger partial charge in [-0.15, -0.1) is 0 Å². The fourth-order valence-electron chi connectivity index (χ4n) is 4.79. The number of carboxylic acid groups (broad SMARTS) is 1. The quantitative estimate of drug-likeness (QED) is 0.749. The number of aryl methyl sites for hydroxylation is 2. The molecule has 2 fully saturated rings. The molecular formula is C21H25N3O4. The molecule has 2 aromatic rings. The van der Waals surface area contributed by atoms with Crippen LogP contribution in [-0.2, 0) is 16.1 Å². The van der Waals surface area contributed by atoms with Crippen LogP contribution in [0.15, 0.2) is 23.0 Å². The summed E-state index contributed by atoms with van der Waals surface area (Å²) in [6, 6.07) is 5.62. The number of fused-ring (bicyclic) bond motifs is 1. The first-order chi connectivity index (χ1) is 13.3. The molecule has 28 heavy (non-hydrogen) atoms. The van der Waals surface area contributed by atoms with Crippen molar-refractivity contribution >= 4 is 22.8 Å². The fraction of sp³-hybridized carbons (Fsp3) is 0.476. The van der Waals surface area contributed by atoms with Crippen molar-refractivity contribution in [1.29, 1.82) is 0 Å². The number of nitrogens with zero attached hydrogens (tertiary/aromatic N) is 1. The number of piperidine rings is 1. The molecule has 7 heteroatoms. The molecular weight excluding hydrogens is 358 g/mol. The number of amides is 1. The Morgan fingerprint density at radius 2 is 1.93 bits per heavy atom. The summed E-state index contributed by atoms with van der Waals surface area (Å²) in [4.78, 5) is 41.5. The number of rotatable bonds is 3. The van der Waals surface area contributed by atoms with E-state index in [0.717, 1.165) is 22.3 Å². The molecule has 0 radical (unpaired) electrons. The van der Waals surface area contributed by atoms with Gasteiger partial charge >= 0.3 is 5.97 Å². The maximum absolute atomic E-state index is 12.6. The highest BCUT2D eigenvalue weighted by Gasteiger charge is 2.51. The van der Waals surface area contributed by atoms with Gasteiger partial charge in [-0.05, 0) is 43.9 Å². The van der Waals surface area contributed by atoms with E-state index in [1.54, 1.807) is 6.07 Å². The van der Waals surface area contributed by atoms with Crippen LogP contribution in [0.1, 0.15) is 36.1 Å². The van der Waals surface area contributed by atoms with Crippen LogP contribution in [0.2, 0.25) is 0 Å². The molecule has 148 valence electrons. The summed E-state index contributed by atoms with van der Waals surface area (Å²) in [5.74, 6) is -1.74. The third-order valence-electron chi connectivity index (χ3n) is 6.22. The number of aliphatic carboxylic acids is 1. The third-order valence-corrected chi connectivity index (χ3v) is 6.22. The fourth-order valence-corrected chi connectivity index (χ4v) is 4.79. The molecule has 1 spiro atoms. The molecule has 1 amide bonds. The van der Waals surface area contributed by atoms with Gasteiger partial charge in [-0.2, -0.15) is 0 Å². The molecule has 3 N–H and O–H groups in total. The zero-order valence-corrected chi connectivity index (χ0v) is 16.2. The summed E-state index contributed by atoms with van der Waals surface area (Å²) >= 11 is 0. The van der Waals surface area contributed by atoms with Crippen molar-refractivity contribution in [3.8, 4) is 0 Å². The number of pyridine rings is 1. The Hall–Kier alpha value is -2.67. The van der Waals surface area contributed by atoms with E-state index in [-0.39, 0.29) is 17.8 Å². The Morgan fingerprint density at radius 3 is 2.61 bits per heavy atom. The van der Waals surface area contributed by atoms with E-state index < -0.39 is 17.4 Å². The van der Waals surface area contributed by atoms with Gasteiger partial charge in [-0.25, -0.2) is 0 Å². The monoisotopic (exact) mass is 383 g/mol. The van der Waals surface area contributed by atoms with Crippen LogP contribution in [0.4, 0.5) is 0 Å². The Kier molecular flexibility index (Phi) is 4.50. The maximum Gasteiger partial charge on any atom is 0.309 e. The minimum atomic E-state index is -0.906. The van der Waals surface area contributed by atoms with Crippen molar-refractivity contribution in [3.63, 3.8) is 0 Å². The lowest BCUT2D eigenvalue weighted by molar-refractivity contribution is -0.144. The molecule has 0 unspecified atom stereocenters. The summed E-state index contributed by atoms with van der Waals surface area (Å²) in [7, 11) is 0. The number of carbonyl (C=O) groups excluding carboxylic acids is 1. The number of nitrogens with one attached hydrogen (secondary N) is 2. The van der Waals surface area contributed by atoms with E-state index in [1.807, 2.05) is 19.9 Å². The van der Waals surface area contributed by atoms with E-state index in [4.69, 9.17) is 0 Å². The Bertz CT molecular complexity index is 1020. The standard InChI is InChI=1S/C21H25N3O4/c1-12-7-13(2)19-15(8-12)17(25)9-14(22-19)11-24-5-3-21(4-6-24)16(20(27)28)10-18(26)23-21/h7-9,16H,3-6,10-11H2,1-2H3,(H,22,25)(H,23,26)(H,27,28)/t16-/m0/s1. The number of carbonyl (C=O) groups is 2. The minimum Gasteiger partial charge on any atom is -0.481 e. The van der Waals surface area contributed by atoms with Crippen LogP contribution in [0.5, 0.6) is 0 Å². The van der Waals surface area contributed by atoms with Crippen LogP contribution in [0.25, 0.3) is 10.9 Å². The maximum atomic E-state index is 12.6. The molecule has 0 aliphatic carbocycles. The van der Waals surface area contributed by atoms with Crippen molar-refractivity contribution in [3.05, 3.63) is 45.2 Å². The largest absolute Gasteiger partial charge is 0.481 e. The highest BCUT2D eigenvalue weighted by atomic mass is 16.4. The van der Waals surface area contributed by atoms with Crippen molar-refractivity contribution < 1.29 is 14.7 Å². The molecule has 2 aliphatic rings. The van der Waals surface area contributed by atoms with Crippen molar-refractivity contribution in [1.82, 2.24) is 15.2 Å². The smallest absolute Gasteiger partial charge is 0.309 e. The van der Waals surface area contributed by atoms with Crippen LogP contribution in [0.3, 0.4) is 0 Å². The second-order valence-electron chi connectivity index (χ2n) is 8.24. The average molecular weight is 383 g/mol. The summed E-state index contributed by atoms with van der Waals surface area (Å²) in [5, 5.41) is 13.1. The van der Waals surface area contributed by atoms with Gasteiger partial charge in [0.1, 0.15) is 0 Å². The number of likely N-dealkylation sites (tertiary alicyclic amines) is 1. The van der Waals surface area contributed by atoms with Crippen LogP contribution >= 0.6 is 0 Å². The van der Waals surface area contributed by atoms with E-state index in [2.05, 4.69) is 21.3 Å². The third kappa shape index (κ3) is 3.20. The predicted molar refractivity (Wildman–Crippen MR) is 105 cm³/mol. The highest BCUT2D eigenvalue weighted by molar-refractivity contribution is 5.88. The first-order valence-corrected chi connectivity index (χ1v) is 9.67. The number of benzene rings is 1. The van der Waals surface area contributed by atoms with Gasteiger partial charge in [-0.3, -0.25) is 19.3 Å². The molecule has 3 heterocycles. The first-order valence-electron chi connectivity index (χ1n) is 9.67. The lowest BCUT2D eigenvalue weighted by atomic mass is 9.77. The predicted octanol–water partition coefficient (Wildman–Crippen LogP) is 1.70. The highest BCUT2D eigenvalue weighted by Crippen LogP contribution is 2.37. The van der Waals surface area contributed by atoms with Gasteiger partial charge in [0.25, 0.3) is 0 Å². The first kappa shape index (κ1) is 18.7. The minimum absolute atomic E-state index is 0.0121. The molecule has 0 saturated carbocycles. The number of H-pyrrole nitrogens is 1. The van der Waals surface area contributed by atoms with Crippen molar-refractivity contribution in [2.75, 3.05) is 13.1 Å². The van der Waals surface area contributed by atoms with Gasteiger partial charge in [-0.1, -0.05) is 6.07 Å². The Balaban J connectivity index is 1.52. The normalized spacial score (nSPS) is 21.9. The second-order valence-corrected chi connectivity index (χ2v) is 8.24. The second kappa shape index (κ2) is 6.74. The summed E-state index contributed by atoms with van der Waals surface area (Å²) in [6.07, 6.45) is 1.27. The van der Waals surface area contributed by atoms with Gasteiger partial charge in [0.05, 0.1) is 17.0 Å². The van der Waals surface area contributed by atoms with Gasteiger partial charge in [0.2, 0.25) is 5.91 Å². The van der Waals surface area contributed by atoms with Gasteiger partial charge in [0, 0.05) is 43.2 Å². The zero-order chi connectivity index (χ0) is 20.1. The van der Waals surface area contributed by atoms with Crippen LogP contribution in [0, 0.1) is 19.8 Å². The lowest BCUT2D eigenvalue weighted by Crippen LogP contribution is -2.55. The van der Waals surface area contributed by atoms with Gasteiger partial charge < -0.3 is 15.4 Å². The van der Waals surface area contributed by atoms with Crippen molar-refractivity contribution in [2.24, 2.45) is 5.92 Å². The van der Waals surface area contributed by atoms with E-state index in [0.29, 0.717) is 37.9 Å². The Morgan fingerprint density at radius 1 is 1.21 bits per heavy atom. The molecule has 2 saturated heterocycles. The average Bonchev–Trinajstić information content (AvgIpc) is 2.95. The molecule has 0 bridgehead atoms. The summed E-state index contributed by atoms with van der Waals surface area (Å²) in [6.45, 7) is 5.93. The summed E-state index contributed by atoms with van der Waals surface area (Å²) < 4.78 is 0. The Labute approximate surface area is 162 Å². The number of aromatic amines is 1. The zero-order valence-electron chi connectivity index (χ0n) is 16.2. The van der Waals surface area contributed by atoms with Crippen LogP contribution < -0.4 is 10.7 Å². The van der Waals surface area contributed by atoms with E-state index >= 15 is 0 Å². The van der Waals surface area contributed by atoms with Crippen LogP contribution in [-0.4, -0.2) is 45.5 Å². The van der Waals surface area contributed by atoms with E-state index in [1.165, 1.54) is 0 Å². The SMILES string of the molecule is Cc1cc(C)c2[nH]c(CN3CCC4(CC3)NC(=O)C[C@H]4C(=O)O)cc(=O)c2c1. The lowest BCUT2D eigenvalue weighted by Gasteiger charge is -2.41. The number of carboxylic acids is 1. The molecule has 1 aromatic heterocycles. The molecule has 1 atom stereocenters. The number of hydrogen-bond donors (Lipinski definition) is 3. The summed E-state index contributed by atoms with van der Waals surface area (Å²) in [5.41, 5.74) is 3.21. The van der Waals surface area contributed by atoms with Crippen molar-refractivity contribution in [2.45, 2.75) is 45.2 Å². The number of hydrogen-bond acceptors (Lipinski definition) is 4. The molecule has 4 rings (SSSR count).